The Balaban J connectivity index is 2.14. The molecule has 6 nitrogen and oxygen atoms in total. The van der Waals surface area contributed by atoms with Crippen LogP contribution in [0, 0.1) is 6.92 Å². The van der Waals surface area contributed by atoms with Crippen LogP contribution in [0.1, 0.15) is 23.1 Å². The molecule has 28 heavy (non-hydrogen) atoms. The Kier molecular flexibility index (Phi) is 7.87. The van der Waals surface area contributed by atoms with E-state index in [1.165, 1.54) is 12.0 Å². The fourth-order valence-corrected chi connectivity index (χ4v) is 2.92. The summed E-state index contributed by atoms with van der Waals surface area (Å²) in [6.07, 6.45) is 0.719. The minimum Gasteiger partial charge on any atom is -0.497 e. The third kappa shape index (κ3) is 5.74. The van der Waals surface area contributed by atoms with E-state index in [0.717, 1.165) is 16.7 Å². The normalized spacial score (nSPS) is 10.3. The maximum absolute atomic E-state index is 12.9. The summed E-state index contributed by atoms with van der Waals surface area (Å²) >= 11 is 0. The maximum Gasteiger partial charge on any atom is 0.325 e. The average Bonchev–Trinajstić information content (AvgIpc) is 2.72. The molecule has 2 rings (SSSR count). The molecular formula is C22H27NO5. The molecule has 0 aromatic heterocycles. The van der Waals surface area contributed by atoms with Gasteiger partial charge >= 0.3 is 5.97 Å². The number of rotatable bonds is 9. The highest BCUT2D eigenvalue weighted by Gasteiger charge is 2.19. The third-order valence-corrected chi connectivity index (χ3v) is 4.62. The number of hydrogen-bond donors (Lipinski definition) is 0. The Morgan fingerprint density at radius 1 is 0.964 bits per heavy atom. The summed E-state index contributed by atoms with van der Waals surface area (Å²) in [6.45, 7) is 2.26. The van der Waals surface area contributed by atoms with Crippen molar-refractivity contribution in [2.75, 3.05) is 27.9 Å². The molecule has 2 aromatic carbocycles. The zero-order valence-corrected chi connectivity index (χ0v) is 16.9. The van der Waals surface area contributed by atoms with Gasteiger partial charge in [0, 0.05) is 13.0 Å². The van der Waals surface area contributed by atoms with Crippen LogP contribution in [0.2, 0.25) is 0 Å². The lowest BCUT2D eigenvalue weighted by Crippen LogP contribution is -2.36. The molecule has 0 fully saturated rings. The molecule has 0 saturated heterocycles. The first-order chi connectivity index (χ1) is 13.5. The van der Waals surface area contributed by atoms with Gasteiger partial charge in [-0.1, -0.05) is 24.3 Å². The van der Waals surface area contributed by atoms with Gasteiger partial charge in [-0.3, -0.25) is 9.59 Å². The van der Waals surface area contributed by atoms with E-state index in [2.05, 4.69) is 0 Å². The molecule has 0 atom stereocenters. The van der Waals surface area contributed by atoms with E-state index in [9.17, 15) is 9.59 Å². The number of esters is 1. The molecular weight excluding hydrogens is 358 g/mol. The first-order valence-electron chi connectivity index (χ1n) is 9.08. The van der Waals surface area contributed by atoms with Crippen molar-refractivity contribution >= 4 is 11.9 Å². The Morgan fingerprint density at radius 2 is 1.71 bits per heavy atom. The number of carbonyl (C=O) groups is 2. The van der Waals surface area contributed by atoms with E-state index >= 15 is 0 Å². The summed E-state index contributed by atoms with van der Waals surface area (Å²) in [6, 6.07) is 13.3. The van der Waals surface area contributed by atoms with Crippen molar-refractivity contribution in [3.8, 4) is 11.5 Å². The van der Waals surface area contributed by atoms with Crippen molar-refractivity contribution in [1.82, 2.24) is 4.90 Å². The van der Waals surface area contributed by atoms with Crippen LogP contribution in [0.4, 0.5) is 0 Å². The molecule has 150 valence electrons. The lowest BCUT2D eigenvalue weighted by molar-refractivity contribution is -0.147. The lowest BCUT2D eigenvalue weighted by Gasteiger charge is -2.23. The van der Waals surface area contributed by atoms with E-state index < -0.39 is 5.97 Å². The second-order valence-electron chi connectivity index (χ2n) is 6.43. The zero-order chi connectivity index (χ0) is 20.5. The number of benzene rings is 2. The summed E-state index contributed by atoms with van der Waals surface area (Å²) in [5.41, 5.74) is 2.95. The van der Waals surface area contributed by atoms with E-state index in [1.807, 2.05) is 49.4 Å². The minimum atomic E-state index is -0.444. The fraction of sp³-hybridized carbons (Fsp3) is 0.364. The van der Waals surface area contributed by atoms with Crippen molar-refractivity contribution in [3.63, 3.8) is 0 Å². The van der Waals surface area contributed by atoms with Crippen LogP contribution in [0.25, 0.3) is 0 Å². The standard InChI is InChI=1S/C22H27NO5/c1-16-7-5-6-8-18(16)14-23(15-22(25)28-4)21(24)12-9-17-13-19(26-2)10-11-20(17)27-3/h5-8,10-11,13H,9,12,14-15H2,1-4H3. The smallest absolute Gasteiger partial charge is 0.325 e. The van der Waals surface area contributed by atoms with Crippen molar-refractivity contribution in [2.24, 2.45) is 0 Å². The summed E-state index contributed by atoms with van der Waals surface area (Å²) < 4.78 is 15.4. The Bertz CT molecular complexity index is 818. The Hall–Kier alpha value is -3.02. The van der Waals surface area contributed by atoms with Gasteiger partial charge in [0.25, 0.3) is 0 Å². The fourth-order valence-electron chi connectivity index (χ4n) is 2.92. The number of amides is 1. The molecule has 0 aliphatic heterocycles. The summed E-state index contributed by atoms with van der Waals surface area (Å²) in [7, 11) is 4.51. The number of nitrogens with zero attached hydrogens (tertiary/aromatic N) is 1. The van der Waals surface area contributed by atoms with E-state index in [-0.39, 0.29) is 18.9 Å². The van der Waals surface area contributed by atoms with Gasteiger partial charge in [0.1, 0.15) is 18.0 Å². The molecule has 0 N–H and O–H groups in total. The summed E-state index contributed by atoms with van der Waals surface area (Å²) in [5.74, 6) is 0.834. The van der Waals surface area contributed by atoms with Gasteiger partial charge in [-0.05, 0) is 48.2 Å². The van der Waals surface area contributed by atoms with Gasteiger partial charge < -0.3 is 19.1 Å². The van der Waals surface area contributed by atoms with Crippen LogP contribution < -0.4 is 9.47 Å². The average molecular weight is 385 g/mol. The van der Waals surface area contributed by atoms with Crippen LogP contribution in [-0.2, 0) is 27.3 Å². The monoisotopic (exact) mass is 385 g/mol. The van der Waals surface area contributed by atoms with Crippen LogP contribution in [0.15, 0.2) is 42.5 Å². The largest absolute Gasteiger partial charge is 0.497 e. The number of hydrogen-bond acceptors (Lipinski definition) is 5. The summed E-state index contributed by atoms with van der Waals surface area (Å²) in [5, 5.41) is 0. The third-order valence-electron chi connectivity index (χ3n) is 4.62. The molecule has 0 saturated carbocycles. The molecule has 0 unspecified atom stereocenters. The Morgan fingerprint density at radius 3 is 2.36 bits per heavy atom. The van der Waals surface area contributed by atoms with E-state index in [4.69, 9.17) is 14.2 Å². The van der Waals surface area contributed by atoms with Crippen molar-refractivity contribution in [3.05, 3.63) is 59.2 Å². The van der Waals surface area contributed by atoms with Crippen LogP contribution in [-0.4, -0.2) is 44.7 Å². The highest BCUT2D eigenvalue weighted by molar-refractivity contribution is 5.82. The number of ether oxygens (including phenoxy) is 3. The highest BCUT2D eigenvalue weighted by Crippen LogP contribution is 2.25. The highest BCUT2D eigenvalue weighted by atomic mass is 16.5. The molecule has 0 aliphatic rings. The molecule has 0 aliphatic carbocycles. The molecule has 0 spiro atoms. The Labute approximate surface area is 166 Å². The second kappa shape index (κ2) is 10.3. The van der Waals surface area contributed by atoms with E-state index in [1.54, 1.807) is 14.2 Å². The summed E-state index contributed by atoms with van der Waals surface area (Å²) in [4.78, 5) is 26.2. The van der Waals surface area contributed by atoms with Gasteiger partial charge in [0.05, 0.1) is 21.3 Å². The van der Waals surface area contributed by atoms with Crippen molar-refractivity contribution < 1.29 is 23.8 Å². The number of methoxy groups -OCH3 is 3. The second-order valence-corrected chi connectivity index (χ2v) is 6.43. The van der Waals surface area contributed by atoms with Crippen LogP contribution in [0.3, 0.4) is 0 Å². The van der Waals surface area contributed by atoms with Crippen molar-refractivity contribution in [2.45, 2.75) is 26.3 Å². The SMILES string of the molecule is COC(=O)CN(Cc1ccccc1C)C(=O)CCc1cc(OC)ccc1OC. The number of carbonyl (C=O) groups excluding carboxylic acids is 2. The van der Waals surface area contributed by atoms with Gasteiger partial charge in [0.2, 0.25) is 5.91 Å². The molecule has 2 aromatic rings. The lowest BCUT2D eigenvalue weighted by atomic mass is 10.1. The first kappa shape index (κ1) is 21.3. The molecule has 1 amide bonds. The van der Waals surface area contributed by atoms with Crippen molar-refractivity contribution in [1.29, 1.82) is 0 Å². The quantitative estimate of drug-likeness (QED) is 0.621. The molecule has 0 bridgehead atoms. The maximum atomic E-state index is 12.9. The van der Waals surface area contributed by atoms with Gasteiger partial charge in [-0.15, -0.1) is 0 Å². The predicted octanol–water partition coefficient (Wildman–Crippen LogP) is 3.15. The number of aryl methyl sites for hydroxylation is 2. The topological polar surface area (TPSA) is 65.1 Å². The van der Waals surface area contributed by atoms with Crippen LogP contribution in [0.5, 0.6) is 11.5 Å². The molecule has 0 heterocycles. The first-order valence-corrected chi connectivity index (χ1v) is 9.08. The zero-order valence-electron chi connectivity index (χ0n) is 16.9. The van der Waals surface area contributed by atoms with Gasteiger partial charge in [-0.2, -0.15) is 0 Å². The van der Waals surface area contributed by atoms with Crippen LogP contribution >= 0.6 is 0 Å². The molecule has 6 heteroatoms. The van der Waals surface area contributed by atoms with E-state index in [0.29, 0.717) is 24.5 Å². The minimum absolute atomic E-state index is 0.0844. The molecule has 0 radical (unpaired) electrons. The van der Waals surface area contributed by atoms with Gasteiger partial charge in [0.15, 0.2) is 0 Å². The van der Waals surface area contributed by atoms with Gasteiger partial charge in [-0.25, -0.2) is 0 Å². The predicted molar refractivity (Wildman–Crippen MR) is 106 cm³/mol.